The summed E-state index contributed by atoms with van der Waals surface area (Å²) in [6, 6.07) is 10.5. The molecular formula is C16H13FIN3O3-2. The van der Waals surface area contributed by atoms with E-state index in [2.05, 4.69) is 0 Å². The van der Waals surface area contributed by atoms with Gasteiger partial charge in [-0.15, -0.1) is 0 Å². The quantitative estimate of drug-likeness (QED) is 0.349. The van der Waals surface area contributed by atoms with E-state index >= 15 is 0 Å². The van der Waals surface area contributed by atoms with Crippen LogP contribution in [0.5, 0.6) is 0 Å². The van der Waals surface area contributed by atoms with E-state index in [-0.39, 0.29) is 5.56 Å². The van der Waals surface area contributed by atoms with Crippen molar-refractivity contribution in [3.8, 4) is 6.07 Å². The molecule has 8 heteroatoms. The molecule has 0 saturated carbocycles. The van der Waals surface area contributed by atoms with Gasteiger partial charge in [-0.1, -0.05) is 0 Å². The number of hydrogen-bond donors (Lipinski definition) is 1. The standard InChI is InChI=1S/C16H13FIN3O3/c1-10-7-11(9-19)3-6-15(10)20(2)16(22)13-8-12(18-21(23)24)4-5-14(13)17/h3-8,21H,1-2H3/q-2. The minimum absolute atomic E-state index is 0.195. The topological polar surface area (TPSA) is 94.7 Å². The summed E-state index contributed by atoms with van der Waals surface area (Å²) in [6.07, 6.45) is 0. The minimum atomic E-state index is -1.44. The molecule has 0 atom stereocenters. The Hall–Kier alpha value is -2.06. The van der Waals surface area contributed by atoms with E-state index in [4.69, 9.17) is 5.26 Å². The van der Waals surface area contributed by atoms with Gasteiger partial charge in [0.2, 0.25) is 0 Å². The SMILES string of the molecule is Cc1cc(C#N)ccc1N(C)C(=O)c1cc([I-][NH+]([O-])[O-])ccc1F. The fourth-order valence-electron chi connectivity index (χ4n) is 2.20. The molecule has 1 N–H and O–H groups in total. The fraction of sp³-hybridized carbons (Fsp3) is 0.125. The summed E-state index contributed by atoms with van der Waals surface area (Å²) >= 11 is -1.44. The number of quaternary nitrogens is 1. The molecule has 6 nitrogen and oxygen atoms in total. The van der Waals surface area contributed by atoms with Crippen LogP contribution in [0.4, 0.5) is 10.1 Å². The fourth-order valence-corrected chi connectivity index (χ4v) is 3.54. The zero-order valence-corrected chi connectivity index (χ0v) is 15.0. The zero-order chi connectivity index (χ0) is 17.9. The molecule has 0 bridgehead atoms. The normalized spacial score (nSPS) is 10.7. The number of aryl methyl sites for hydroxylation is 1. The first-order valence-electron chi connectivity index (χ1n) is 6.77. The number of benzene rings is 2. The number of halogens is 2. The van der Waals surface area contributed by atoms with Crippen LogP contribution in [0.15, 0.2) is 36.4 Å². The Labute approximate surface area is 148 Å². The summed E-state index contributed by atoms with van der Waals surface area (Å²) in [6.45, 7) is 1.74. The monoisotopic (exact) mass is 441 g/mol. The third-order valence-electron chi connectivity index (χ3n) is 3.34. The Kier molecular flexibility index (Phi) is 5.84. The number of carbonyl (C=O) groups is 1. The van der Waals surface area contributed by atoms with Crippen molar-refractivity contribution in [3.05, 3.63) is 72.9 Å². The number of anilines is 1. The van der Waals surface area contributed by atoms with Crippen LogP contribution in [0.1, 0.15) is 21.5 Å². The van der Waals surface area contributed by atoms with Crippen LogP contribution in [-0.2, 0) is 0 Å². The molecule has 2 aromatic carbocycles. The van der Waals surface area contributed by atoms with Gasteiger partial charge in [-0.05, 0) is 0 Å². The van der Waals surface area contributed by atoms with Crippen molar-refractivity contribution < 1.29 is 34.1 Å². The average Bonchev–Trinajstić information content (AvgIpc) is 2.54. The third-order valence-corrected chi connectivity index (χ3v) is 5.07. The number of carbonyl (C=O) groups excluding carboxylic acids is 1. The van der Waals surface area contributed by atoms with E-state index in [1.165, 1.54) is 24.1 Å². The Bertz CT molecular complexity index is 821. The summed E-state index contributed by atoms with van der Waals surface area (Å²) in [5, 5.41) is 30.3. The second-order valence-corrected chi connectivity index (χ2v) is 7.60. The maximum atomic E-state index is 14.0. The summed E-state index contributed by atoms with van der Waals surface area (Å²) in [5.41, 5.74) is 1.51. The van der Waals surface area contributed by atoms with Gasteiger partial charge in [0.25, 0.3) is 0 Å². The number of nitrogens with one attached hydrogen (secondary N) is 1. The van der Waals surface area contributed by atoms with Gasteiger partial charge in [-0.25, -0.2) is 0 Å². The van der Waals surface area contributed by atoms with Crippen molar-refractivity contribution in [2.45, 2.75) is 6.92 Å². The molecule has 1 amide bonds. The zero-order valence-electron chi connectivity index (χ0n) is 12.8. The van der Waals surface area contributed by atoms with Gasteiger partial charge < -0.3 is 0 Å². The Morgan fingerprint density at radius 2 is 2.00 bits per heavy atom. The first-order valence-corrected chi connectivity index (χ1v) is 8.93. The summed E-state index contributed by atoms with van der Waals surface area (Å²) in [5.74, 6) is -1.31. The van der Waals surface area contributed by atoms with Crippen LogP contribution < -0.4 is 29.8 Å². The molecule has 0 heterocycles. The molecule has 0 aliphatic heterocycles. The maximum absolute atomic E-state index is 14.0. The number of hydrogen-bond acceptors (Lipinski definition) is 4. The van der Waals surface area contributed by atoms with Gasteiger partial charge in [0, 0.05) is 0 Å². The van der Waals surface area contributed by atoms with Gasteiger partial charge in [0.1, 0.15) is 0 Å². The predicted octanol–water partition coefficient (Wildman–Crippen LogP) is -1.66. The number of nitriles is 1. The van der Waals surface area contributed by atoms with Crippen molar-refractivity contribution in [2.75, 3.05) is 11.9 Å². The van der Waals surface area contributed by atoms with Crippen LogP contribution in [0, 0.1) is 38.1 Å². The van der Waals surface area contributed by atoms with Gasteiger partial charge in [-0.2, -0.15) is 0 Å². The second kappa shape index (κ2) is 7.67. The molecule has 0 unspecified atom stereocenters. The van der Waals surface area contributed by atoms with Crippen molar-refractivity contribution in [1.29, 1.82) is 5.26 Å². The summed E-state index contributed by atoms with van der Waals surface area (Å²) < 4.78 is 13.2. The Morgan fingerprint density at radius 1 is 1.29 bits per heavy atom. The Balaban J connectivity index is 2.36. The van der Waals surface area contributed by atoms with Crippen LogP contribution in [0.2, 0.25) is 0 Å². The molecular weight excluding hydrogens is 428 g/mol. The van der Waals surface area contributed by atoms with Crippen LogP contribution >= 0.6 is 0 Å². The van der Waals surface area contributed by atoms with Gasteiger partial charge in [-0.3, -0.25) is 0 Å². The molecule has 0 spiro atoms. The van der Waals surface area contributed by atoms with Gasteiger partial charge in [0.05, 0.1) is 0 Å². The van der Waals surface area contributed by atoms with Gasteiger partial charge >= 0.3 is 149 Å². The molecule has 2 aromatic rings. The van der Waals surface area contributed by atoms with Crippen LogP contribution in [-0.4, -0.2) is 13.0 Å². The summed E-state index contributed by atoms with van der Waals surface area (Å²) in [4.78, 5) is 13.9. The number of rotatable bonds is 4. The molecule has 0 fully saturated rings. The van der Waals surface area contributed by atoms with Crippen molar-refractivity contribution >= 4 is 11.6 Å². The van der Waals surface area contributed by atoms with E-state index in [1.807, 2.05) is 6.07 Å². The Morgan fingerprint density at radius 3 is 2.58 bits per heavy atom. The first-order chi connectivity index (χ1) is 11.3. The molecule has 0 aliphatic rings. The number of amides is 1. The van der Waals surface area contributed by atoms with Crippen molar-refractivity contribution in [2.24, 2.45) is 0 Å². The van der Waals surface area contributed by atoms with E-state index < -0.39 is 36.6 Å². The van der Waals surface area contributed by atoms with Crippen molar-refractivity contribution in [1.82, 2.24) is 0 Å². The van der Waals surface area contributed by atoms with E-state index in [1.54, 1.807) is 25.1 Å². The summed E-state index contributed by atoms with van der Waals surface area (Å²) in [7, 11) is 1.50. The first kappa shape index (κ1) is 18.3. The molecule has 0 aliphatic carbocycles. The number of nitrogens with zero attached hydrogens (tertiary/aromatic N) is 2. The predicted molar refractivity (Wildman–Crippen MR) is 81.4 cm³/mol. The van der Waals surface area contributed by atoms with Crippen LogP contribution in [0.3, 0.4) is 0 Å². The molecule has 126 valence electrons. The average molecular weight is 441 g/mol. The third kappa shape index (κ3) is 4.07. The molecule has 0 radical (unpaired) electrons. The van der Waals surface area contributed by atoms with Gasteiger partial charge in [0.15, 0.2) is 0 Å². The van der Waals surface area contributed by atoms with Crippen LogP contribution in [0.25, 0.3) is 0 Å². The van der Waals surface area contributed by atoms with E-state index in [0.717, 1.165) is 6.07 Å². The molecule has 24 heavy (non-hydrogen) atoms. The van der Waals surface area contributed by atoms with Crippen molar-refractivity contribution in [3.63, 3.8) is 0 Å². The van der Waals surface area contributed by atoms with E-state index in [0.29, 0.717) is 20.4 Å². The molecule has 0 saturated heterocycles. The second-order valence-electron chi connectivity index (χ2n) is 4.93. The molecule has 2 rings (SSSR count). The molecule has 0 aromatic heterocycles. The van der Waals surface area contributed by atoms with E-state index in [9.17, 15) is 19.6 Å².